The number of allylic oxidation sites excluding steroid dienone is 7. The predicted octanol–water partition coefficient (Wildman–Crippen LogP) is 7.11. The van der Waals surface area contributed by atoms with Crippen molar-refractivity contribution in [3.05, 3.63) is 48.6 Å². The summed E-state index contributed by atoms with van der Waals surface area (Å²) >= 11 is 0. The topological polar surface area (TPSA) is 149 Å². The average Bonchev–Trinajstić information content (AvgIpc) is 3.11. The molecule has 0 spiro atoms. The van der Waals surface area contributed by atoms with Gasteiger partial charge in [0.15, 0.2) is 6.29 Å². The summed E-state index contributed by atoms with van der Waals surface area (Å²) < 4.78 is 11.1. The number of aliphatic hydroxyl groups is 5. The minimum atomic E-state index is -1.57. The Morgan fingerprint density at radius 3 is 1.74 bits per heavy atom. The van der Waals surface area contributed by atoms with Crippen LogP contribution >= 0.6 is 0 Å². The predicted molar refractivity (Wildman–Crippen MR) is 203 cm³/mol. The minimum Gasteiger partial charge on any atom is -0.394 e. The van der Waals surface area contributed by atoms with Crippen LogP contribution in [0.25, 0.3) is 0 Å². The summed E-state index contributed by atoms with van der Waals surface area (Å²) in [5.74, 6) is -0.206. The van der Waals surface area contributed by atoms with E-state index < -0.39 is 49.5 Å². The van der Waals surface area contributed by atoms with E-state index in [4.69, 9.17) is 9.47 Å². The molecule has 50 heavy (non-hydrogen) atoms. The molecule has 1 saturated heterocycles. The Balaban J connectivity index is 2.50. The first kappa shape index (κ1) is 46.2. The van der Waals surface area contributed by atoms with Crippen LogP contribution in [0, 0.1) is 0 Å². The molecule has 7 atom stereocenters. The molecule has 1 rings (SSSR count). The van der Waals surface area contributed by atoms with Crippen molar-refractivity contribution < 1.29 is 39.8 Å². The first-order chi connectivity index (χ1) is 24.3. The molecule has 0 saturated carbocycles. The van der Waals surface area contributed by atoms with Crippen LogP contribution in [0.15, 0.2) is 48.6 Å². The standard InChI is InChI=1S/C41H73NO8/c1-3-5-7-9-11-13-15-16-17-18-19-21-22-24-26-28-30-35(44)34(33-49-41-40(48)39(47)38(46)36(32-43)50-41)42-37(45)31-29-27-25-23-20-14-12-10-8-6-4-2/h10,12,16-17,21-22,28,30,34-36,38-41,43-44,46-48H,3-9,11,13-15,18-20,23-27,29,31-33H2,1-2H3,(H,42,45)/b12-10-,17-16+,22-21+,30-28+. The maximum atomic E-state index is 12.8. The third kappa shape index (κ3) is 22.9. The molecular formula is C41H73NO8. The van der Waals surface area contributed by atoms with Gasteiger partial charge in [-0.15, -0.1) is 0 Å². The molecule has 1 aliphatic heterocycles. The van der Waals surface area contributed by atoms with Crippen LogP contribution < -0.4 is 5.32 Å². The molecule has 0 aliphatic carbocycles. The van der Waals surface area contributed by atoms with Crippen LogP contribution in [0.5, 0.6) is 0 Å². The smallest absolute Gasteiger partial charge is 0.220 e. The fourth-order valence-electron chi connectivity index (χ4n) is 5.81. The molecule has 1 fully saturated rings. The highest BCUT2D eigenvalue weighted by Gasteiger charge is 2.44. The van der Waals surface area contributed by atoms with Crippen molar-refractivity contribution in [2.75, 3.05) is 13.2 Å². The zero-order valence-electron chi connectivity index (χ0n) is 31.4. The van der Waals surface area contributed by atoms with Crippen molar-refractivity contribution in [2.24, 2.45) is 0 Å². The number of ether oxygens (including phenoxy) is 2. The zero-order chi connectivity index (χ0) is 36.7. The molecular weight excluding hydrogens is 634 g/mol. The number of unbranched alkanes of at least 4 members (excludes halogenated alkanes) is 15. The van der Waals surface area contributed by atoms with Gasteiger partial charge in [0.05, 0.1) is 25.4 Å². The third-order valence-corrected chi connectivity index (χ3v) is 9.10. The number of carbonyl (C=O) groups excluding carboxylic acids is 1. The summed E-state index contributed by atoms with van der Waals surface area (Å²) in [5, 5.41) is 53.9. The highest BCUT2D eigenvalue weighted by atomic mass is 16.7. The second kappa shape index (κ2) is 31.9. The molecule has 7 unspecified atom stereocenters. The van der Waals surface area contributed by atoms with Gasteiger partial charge >= 0.3 is 0 Å². The van der Waals surface area contributed by atoms with Crippen LogP contribution in [0.3, 0.4) is 0 Å². The largest absolute Gasteiger partial charge is 0.394 e. The van der Waals surface area contributed by atoms with Gasteiger partial charge < -0.3 is 40.3 Å². The molecule has 0 radical (unpaired) electrons. The maximum Gasteiger partial charge on any atom is 0.220 e. The van der Waals surface area contributed by atoms with Gasteiger partial charge in [0.25, 0.3) is 0 Å². The van der Waals surface area contributed by atoms with E-state index in [1.807, 2.05) is 6.08 Å². The molecule has 0 aromatic carbocycles. The fraction of sp³-hybridized carbons (Fsp3) is 0.780. The molecule has 0 aromatic heterocycles. The summed E-state index contributed by atoms with van der Waals surface area (Å²) in [4.78, 5) is 12.8. The van der Waals surface area contributed by atoms with Gasteiger partial charge in [0.1, 0.15) is 24.4 Å². The Bertz CT molecular complexity index is 920. The number of aliphatic hydroxyl groups excluding tert-OH is 5. The van der Waals surface area contributed by atoms with Gasteiger partial charge in [0, 0.05) is 6.42 Å². The van der Waals surface area contributed by atoms with Crippen molar-refractivity contribution in [2.45, 2.75) is 192 Å². The highest BCUT2D eigenvalue weighted by molar-refractivity contribution is 5.76. The van der Waals surface area contributed by atoms with Gasteiger partial charge in [-0.05, 0) is 64.2 Å². The summed E-state index contributed by atoms with van der Waals surface area (Å²) in [6.45, 7) is 3.66. The summed E-state index contributed by atoms with van der Waals surface area (Å²) in [6.07, 6.45) is 31.5. The van der Waals surface area contributed by atoms with Crippen molar-refractivity contribution in [1.29, 1.82) is 0 Å². The molecule has 9 heteroatoms. The minimum absolute atomic E-state index is 0.206. The average molecular weight is 708 g/mol. The third-order valence-electron chi connectivity index (χ3n) is 9.10. The molecule has 1 aliphatic rings. The van der Waals surface area contributed by atoms with Crippen LogP contribution in [-0.4, -0.2) is 87.5 Å². The Kier molecular flexibility index (Phi) is 29.4. The first-order valence-corrected chi connectivity index (χ1v) is 19.9. The molecule has 1 heterocycles. The summed E-state index contributed by atoms with van der Waals surface area (Å²) in [7, 11) is 0. The van der Waals surface area contributed by atoms with Crippen molar-refractivity contribution in [1.82, 2.24) is 5.32 Å². The van der Waals surface area contributed by atoms with E-state index in [2.05, 4.69) is 55.6 Å². The Morgan fingerprint density at radius 2 is 1.16 bits per heavy atom. The monoisotopic (exact) mass is 708 g/mol. The molecule has 0 aromatic rings. The Morgan fingerprint density at radius 1 is 0.660 bits per heavy atom. The van der Waals surface area contributed by atoms with E-state index in [9.17, 15) is 30.3 Å². The lowest BCUT2D eigenvalue weighted by molar-refractivity contribution is -0.302. The van der Waals surface area contributed by atoms with Gasteiger partial charge in [-0.1, -0.05) is 127 Å². The van der Waals surface area contributed by atoms with Crippen LogP contribution in [0.4, 0.5) is 0 Å². The normalized spacial score (nSPS) is 22.7. The molecule has 1 amide bonds. The Labute approximate surface area is 303 Å². The maximum absolute atomic E-state index is 12.8. The molecule has 0 bridgehead atoms. The van der Waals surface area contributed by atoms with E-state index in [0.717, 1.165) is 77.0 Å². The van der Waals surface area contributed by atoms with Crippen LogP contribution in [0.1, 0.15) is 149 Å². The van der Waals surface area contributed by atoms with Crippen molar-refractivity contribution >= 4 is 5.91 Å². The van der Waals surface area contributed by atoms with E-state index >= 15 is 0 Å². The molecule has 290 valence electrons. The SMILES string of the molecule is CCCC/C=C\CCCCCCCC(=O)NC(COC1OC(CO)C(O)C(O)C1O)C(O)/C=C/CC/C=C/CC/C=C/CCCCCCCC. The first-order valence-electron chi connectivity index (χ1n) is 19.9. The van der Waals surface area contributed by atoms with Gasteiger partial charge in [-0.3, -0.25) is 4.79 Å². The zero-order valence-corrected chi connectivity index (χ0v) is 31.4. The second-order valence-corrected chi connectivity index (χ2v) is 13.7. The van der Waals surface area contributed by atoms with Crippen LogP contribution in [0.2, 0.25) is 0 Å². The van der Waals surface area contributed by atoms with E-state index in [-0.39, 0.29) is 12.5 Å². The Hall–Kier alpha value is -1.85. The van der Waals surface area contributed by atoms with Crippen molar-refractivity contribution in [3.63, 3.8) is 0 Å². The number of amides is 1. The fourth-order valence-corrected chi connectivity index (χ4v) is 5.81. The second-order valence-electron chi connectivity index (χ2n) is 13.7. The van der Waals surface area contributed by atoms with E-state index in [1.54, 1.807) is 6.08 Å². The molecule has 9 nitrogen and oxygen atoms in total. The van der Waals surface area contributed by atoms with Gasteiger partial charge in [0.2, 0.25) is 5.91 Å². The number of nitrogens with one attached hydrogen (secondary N) is 1. The number of hydrogen-bond donors (Lipinski definition) is 6. The van der Waals surface area contributed by atoms with E-state index in [1.165, 1.54) is 51.4 Å². The van der Waals surface area contributed by atoms with Crippen LogP contribution in [-0.2, 0) is 14.3 Å². The summed E-state index contributed by atoms with van der Waals surface area (Å²) in [5.41, 5.74) is 0. The lowest BCUT2D eigenvalue weighted by Gasteiger charge is -2.40. The lowest BCUT2D eigenvalue weighted by atomic mass is 9.99. The quantitative estimate of drug-likeness (QED) is 0.0330. The highest BCUT2D eigenvalue weighted by Crippen LogP contribution is 2.22. The molecule has 6 N–H and O–H groups in total. The number of rotatable bonds is 31. The van der Waals surface area contributed by atoms with Gasteiger partial charge in [-0.25, -0.2) is 0 Å². The van der Waals surface area contributed by atoms with Gasteiger partial charge in [-0.2, -0.15) is 0 Å². The van der Waals surface area contributed by atoms with Crippen molar-refractivity contribution in [3.8, 4) is 0 Å². The summed E-state index contributed by atoms with van der Waals surface area (Å²) in [6, 6.07) is -0.829. The number of carbonyl (C=O) groups is 1. The van der Waals surface area contributed by atoms with E-state index in [0.29, 0.717) is 6.42 Å². The number of hydrogen-bond acceptors (Lipinski definition) is 8. The lowest BCUT2D eigenvalue weighted by Crippen LogP contribution is -2.60.